The van der Waals surface area contributed by atoms with Crippen molar-refractivity contribution in [3.8, 4) is 0 Å². The third kappa shape index (κ3) is 2.83. The zero-order valence-electron chi connectivity index (χ0n) is 10.3. The van der Waals surface area contributed by atoms with Crippen molar-refractivity contribution in [2.45, 2.75) is 39.8 Å². The van der Waals surface area contributed by atoms with Crippen LogP contribution in [0.15, 0.2) is 16.8 Å². The summed E-state index contributed by atoms with van der Waals surface area (Å²) in [7, 11) is 0. The molecule has 17 heavy (non-hydrogen) atoms. The lowest BCUT2D eigenvalue weighted by Gasteiger charge is -2.08. The molecule has 92 valence electrons. The maximum absolute atomic E-state index is 5.36. The van der Waals surface area contributed by atoms with E-state index < -0.39 is 0 Å². The van der Waals surface area contributed by atoms with Crippen LogP contribution in [0.3, 0.4) is 0 Å². The summed E-state index contributed by atoms with van der Waals surface area (Å²) in [5.74, 6) is 1.17. The Labute approximate surface area is 100 Å². The van der Waals surface area contributed by atoms with Gasteiger partial charge in [-0.15, -0.1) is 10.2 Å². The van der Waals surface area contributed by atoms with Gasteiger partial charge in [-0.1, -0.05) is 6.92 Å². The molecule has 2 rings (SSSR count). The van der Waals surface area contributed by atoms with Gasteiger partial charge in [0.2, 0.25) is 11.8 Å². The first-order chi connectivity index (χ1) is 8.19. The van der Waals surface area contributed by atoms with E-state index in [0.717, 1.165) is 18.7 Å². The van der Waals surface area contributed by atoms with Crippen molar-refractivity contribution in [2.75, 3.05) is 5.32 Å². The number of aryl methyl sites for hydroxylation is 2. The van der Waals surface area contributed by atoms with Crippen LogP contribution < -0.4 is 5.32 Å². The normalized spacial score (nSPS) is 12.6. The van der Waals surface area contributed by atoms with Gasteiger partial charge in [-0.2, -0.15) is 5.10 Å². The number of aromatic nitrogens is 4. The molecule has 0 fully saturated rings. The molecule has 0 aliphatic carbocycles. The van der Waals surface area contributed by atoms with E-state index >= 15 is 0 Å². The maximum atomic E-state index is 5.36. The summed E-state index contributed by atoms with van der Waals surface area (Å²) in [5.41, 5.74) is 0.960. The van der Waals surface area contributed by atoms with Gasteiger partial charge in [-0.25, -0.2) is 0 Å². The highest BCUT2D eigenvalue weighted by molar-refractivity contribution is 5.39. The summed E-state index contributed by atoms with van der Waals surface area (Å²) < 4.78 is 7.27. The van der Waals surface area contributed by atoms with E-state index in [1.54, 1.807) is 13.1 Å². The van der Waals surface area contributed by atoms with E-state index in [9.17, 15) is 0 Å². The van der Waals surface area contributed by atoms with Crippen LogP contribution >= 0.6 is 0 Å². The molecule has 0 unspecified atom stereocenters. The lowest BCUT2D eigenvalue weighted by Crippen LogP contribution is -2.06. The topological polar surface area (TPSA) is 68.8 Å². The fraction of sp³-hybridized carbons (Fsp3) is 0.545. The number of rotatable bonds is 5. The van der Waals surface area contributed by atoms with Crippen molar-refractivity contribution in [3.63, 3.8) is 0 Å². The number of hydrogen-bond acceptors (Lipinski definition) is 5. The first-order valence-electron chi connectivity index (χ1n) is 5.78. The van der Waals surface area contributed by atoms with Crippen LogP contribution in [-0.2, 0) is 6.54 Å². The predicted octanol–water partition coefficient (Wildman–Crippen LogP) is 2.16. The Balaban J connectivity index is 1.99. The standard InChI is InChI=1S/C11H17N5O/c1-4-5-16-7-10(6-12-16)13-8(2)11-15-14-9(3)17-11/h6-8,13H,4-5H2,1-3H3/t8-/m1/s1. The quantitative estimate of drug-likeness (QED) is 0.860. The van der Waals surface area contributed by atoms with E-state index in [0.29, 0.717) is 11.8 Å². The first-order valence-corrected chi connectivity index (χ1v) is 5.78. The van der Waals surface area contributed by atoms with Gasteiger partial charge in [-0.3, -0.25) is 4.68 Å². The van der Waals surface area contributed by atoms with Crippen LogP contribution in [0.2, 0.25) is 0 Å². The molecule has 6 nitrogen and oxygen atoms in total. The molecule has 0 saturated heterocycles. The van der Waals surface area contributed by atoms with Crippen molar-refractivity contribution in [2.24, 2.45) is 0 Å². The highest BCUT2D eigenvalue weighted by atomic mass is 16.4. The lowest BCUT2D eigenvalue weighted by atomic mass is 10.3. The molecule has 2 heterocycles. The van der Waals surface area contributed by atoms with Crippen LogP contribution in [0.5, 0.6) is 0 Å². The number of anilines is 1. The third-order valence-corrected chi connectivity index (χ3v) is 2.38. The molecule has 0 radical (unpaired) electrons. The van der Waals surface area contributed by atoms with Crippen LogP contribution in [-0.4, -0.2) is 20.0 Å². The van der Waals surface area contributed by atoms with E-state index in [4.69, 9.17) is 4.42 Å². The SMILES string of the molecule is CCCn1cc(N[C@H](C)c2nnc(C)o2)cn1. The molecule has 0 bridgehead atoms. The van der Waals surface area contributed by atoms with Crippen LogP contribution in [0, 0.1) is 6.92 Å². The van der Waals surface area contributed by atoms with Gasteiger partial charge in [0.05, 0.1) is 11.9 Å². The monoisotopic (exact) mass is 235 g/mol. The van der Waals surface area contributed by atoms with Gasteiger partial charge < -0.3 is 9.73 Å². The summed E-state index contributed by atoms with van der Waals surface area (Å²) in [6.45, 7) is 6.81. The largest absolute Gasteiger partial charge is 0.423 e. The molecule has 0 aromatic carbocycles. The summed E-state index contributed by atoms with van der Waals surface area (Å²) in [5, 5.41) is 15.3. The Morgan fingerprint density at radius 1 is 1.47 bits per heavy atom. The smallest absolute Gasteiger partial charge is 0.238 e. The lowest BCUT2D eigenvalue weighted by molar-refractivity contribution is 0.451. The Kier molecular flexibility index (Phi) is 3.41. The number of nitrogens with one attached hydrogen (secondary N) is 1. The van der Waals surface area contributed by atoms with Crippen molar-refractivity contribution >= 4 is 5.69 Å². The molecule has 1 atom stereocenters. The van der Waals surface area contributed by atoms with Crippen molar-refractivity contribution < 1.29 is 4.42 Å². The van der Waals surface area contributed by atoms with E-state index in [-0.39, 0.29) is 6.04 Å². The fourth-order valence-corrected chi connectivity index (χ4v) is 1.59. The average Bonchev–Trinajstić information content (AvgIpc) is 2.88. The van der Waals surface area contributed by atoms with Crippen molar-refractivity contribution in [1.82, 2.24) is 20.0 Å². The van der Waals surface area contributed by atoms with Crippen molar-refractivity contribution in [3.05, 3.63) is 24.2 Å². The molecular weight excluding hydrogens is 218 g/mol. The molecule has 0 amide bonds. The van der Waals surface area contributed by atoms with Gasteiger partial charge in [0.1, 0.15) is 6.04 Å². The summed E-state index contributed by atoms with van der Waals surface area (Å²) in [6.07, 6.45) is 4.85. The minimum atomic E-state index is -0.0181. The zero-order chi connectivity index (χ0) is 12.3. The molecule has 0 spiro atoms. The van der Waals surface area contributed by atoms with Gasteiger partial charge in [0.15, 0.2) is 0 Å². The summed E-state index contributed by atoms with van der Waals surface area (Å²) in [6, 6.07) is -0.0181. The minimum Gasteiger partial charge on any atom is -0.423 e. The molecule has 0 aliphatic heterocycles. The Hall–Kier alpha value is -1.85. The second-order valence-electron chi connectivity index (χ2n) is 4.02. The van der Waals surface area contributed by atoms with Gasteiger partial charge in [-0.05, 0) is 13.3 Å². The molecule has 0 aliphatic rings. The second kappa shape index (κ2) is 4.99. The number of nitrogens with zero attached hydrogens (tertiary/aromatic N) is 4. The van der Waals surface area contributed by atoms with E-state index in [1.165, 1.54) is 0 Å². The van der Waals surface area contributed by atoms with Crippen LogP contribution in [0.1, 0.15) is 38.1 Å². The van der Waals surface area contributed by atoms with Gasteiger partial charge in [0, 0.05) is 19.7 Å². The average molecular weight is 235 g/mol. The van der Waals surface area contributed by atoms with Gasteiger partial charge in [0.25, 0.3) is 0 Å². The minimum absolute atomic E-state index is 0.0181. The molecular formula is C11H17N5O. The molecule has 2 aromatic rings. The highest BCUT2D eigenvalue weighted by Gasteiger charge is 2.12. The first kappa shape index (κ1) is 11.6. The Morgan fingerprint density at radius 2 is 2.29 bits per heavy atom. The van der Waals surface area contributed by atoms with Crippen LogP contribution in [0.4, 0.5) is 5.69 Å². The highest BCUT2D eigenvalue weighted by Crippen LogP contribution is 2.17. The summed E-state index contributed by atoms with van der Waals surface area (Å²) in [4.78, 5) is 0. The maximum Gasteiger partial charge on any atom is 0.238 e. The molecule has 0 saturated carbocycles. The van der Waals surface area contributed by atoms with Crippen LogP contribution in [0.25, 0.3) is 0 Å². The second-order valence-corrected chi connectivity index (χ2v) is 4.02. The third-order valence-electron chi connectivity index (χ3n) is 2.38. The predicted molar refractivity (Wildman–Crippen MR) is 63.6 cm³/mol. The summed E-state index contributed by atoms with van der Waals surface area (Å²) >= 11 is 0. The Morgan fingerprint density at radius 3 is 2.94 bits per heavy atom. The molecule has 1 N–H and O–H groups in total. The number of hydrogen-bond donors (Lipinski definition) is 1. The molecule has 6 heteroatoms. The zero-order valence-corrected chi connectivity index (χ0v) is 10.3. The Bertz CT molecular complexity index is 476. The molecule has 2 aromatic heterocycles. The fourth-order valence-electron chi connectivity index (χ4n) is 1.59. The van der Waals surface area contributed by atoms with Crippen molar-refractivity contribution in [1.29, 1.82) is 0 Å². The van der Waals surface area contributed by atoms with E-state index in [2.05, 4.69) is 27.5 Å². The van der Waals surface area contributed by atoms with Gasteiger partial charge >= 0.3 is 0 Å². The van der Waals surface area contributed by atoms with E-state index in [1.807, 2.05) is 17.8 Å².